The fraction of sp³-hybridized carbons (Fsp3) is 0. The van der Waals surface area contributed by atoms with Crippen LogP contribution >= 0.6 is 0 Å². The van der Waals surface area contributed by atoms with E-state index in [2.05, 4.69) is 6.58 Å². The van der Waals surface area contributed by atoms with Gasteiger partial charge in [-0.15, -0.1) is 0 Å². The van der Waals surface area contributed by atoms with E-state index in [9.17, 15) is 4.79 Å². The van der Waals surface area contributed by atoms with Gasteiger partial charge >= 0.3 is 0 Å². The summed E-state index contributed by atoms with van der Waals surface area (Å²) in [5.41, 5.74) is 0.729. The molecule has 0 atom stereocenters. The van der Waals surface area contributed by atoms with E-state index < -0.39 is 0 Å². The molecule has 11 heavy (non-hydrogen) atoms. The molecule has 1 N–H and O–H groups in total. The van der Waals surface area contributed by atoms with Crippen molar-refractivity contribution in [3.63, 3.8) is 0 Å². The second kappa shape index (κ2) is 6.55. The molecule has 1 aromatic rings. The van der Waals surface area contributed by atoms with Gasteiger partial charge in [0.15, 0.2) is 0 Å². The summed E-state index contributed by atoms with van der Waals surface area (Å²) in [5, 5.41) is 7.33. The third kappa shape index (κ3) is 4.90. The molecule has 0 aliphatic carbocycles. The minimum atomic E-state index is 0.729. The molecular formula is C9H10O2. The van der Waals surface area contributed by atoms with E-state index in [0.717, 1.165) is 18.1 Å². The van der Waals surface area contributed by atoms with Gasteiger partial charge in [-0.2, -0.15) is 0 Å². The van der Waals surface area contributed by atoms with Crippen LogP contribution in [0.25, 0.3) is 0 Å². The highest BCUT2D eigenvalue weighted by Gasteiger charge is 1.79. The van der Waals surface area contributed by atoms with Crippen molar-refractivity contribution in [1.29, 1.82) is 0 Å². The molecule has 58 valence electrons. The van der Waals surface area contributed by atoms with Gasteiger partial charge in [-0.25, -0.2) is 0 Å². The zero-order valence-corrected chi connectivity index (χ0v) is 6.10. The highest BCUT2D eigenvalue weighted by molar-refractivity contribution is 5.74. The van der Waals surface area contributed by atoms with Crippen LogP contribution in [0.4, 0.5) is 0 Å². The number of carbonyl (C=O) groups is 1. The summed E-state index contributed by atoms with van der Waals surface area (Å²) in [6, 6.07) is 9.10. The minimum absolute atomic E-state index is 0.729. The smallest absolute Gasteiger partial charge is 0.150 e. The van der Waals surface area contributed by atoms with Gasteiger partial charge in [0, 0.05) is 5.56 Å². The number of rotatable bonds is 1. The lowest BCUT2D eigenvalue weighted by atomic mass is 10.2. The molecule has 0 saturated heterocycles. The molecule has 1 rings (SSSR count). The molecule has 0 spiro atoms. The van der Waals surface area contributed by atoms with Crippen LogP contribution in [-0.2, 0) is 0 Å². The lowest BCUT2D eigenvalue weighted by Gasteiger charge is -1.81. The van der Waals surface area contributed by atoms with Crippen LogP contribution in [0.5, 0.6) is 0 Å². The number of benzene rings is 1. The Morgan fingerprint density at radius 1 is 1.27 bits per heavy atom. The Kier molecular flexibility index (Phi) is 5.61. The summed E-state index contributed by atoms with van der Waals surface area (Å²) >= 11 is 0. The van der Waals surface area contributed by atoms with Gasteiger partial charge in [0.05, 0.1) is 6.26 Å². The highest BCUT2D eigenvalue weighted by Crippen LogP contribution is 1.91. The van der Waals surface area contributed by atoms with Crippen LogP contribution in [0.15, 0.2) is 43.2 Å². The predicted octanol–water partition coefficient (Wildman–Crippen LogP) is 2.19. The molecule has 2 nitrogen and oxygen atoms in total. The average molecular weight is 150 g/mol. The second-order valence-electron chi connectivity index (χ2n) is 1.71. The molecule has 0 heterocycles. The van der Waals surface area contributed by atoms with Gasteiger partial charge in [-0.1, -0.05) is 36.9 Å². The van der Waals surface area contributed by atoms with E-state index in [1.54, 1.807) is 12.1 Å². The first-order chi connectivity index (χ1) is 5.35. The molecule has 0 aliphatic rings. The Bertz CT molecular complexity index is 204. The van der Waals surface area contributed by atoms with Crippen molar-refractivity contribution in [2.75, 3.05) is 0 Å². The third-order valence-corrected chi connectivity index (χ3v) is 0.936. The molecule has 1 aromatic carbocycles. The van der Waals surface area contributed by atoms with Gasteiger partial charge < -0.3 is 5.11 Å². The fourth-order valence-corrected chi connectivity index (χ4v) is 0.532. The van der Waals surface area contributed by atoms with Crippen molar-refractivity contribution >= 4 is 6.29 Å². The largest absolute Gasteiger partial charge is 0.516 e. The summed E-state index contributed by atoms with van der Waals surface area (Å²) in [4.78, 5) is 10.0. The maximum absolute atomic E-state index is 10.0. The van der Waals surface area contributed by atoms with Crippen molar-refractivity contribution in [1.82, 2.24) is 0 Å². The number of aldehydes is 1. The first kappa shape index (κ1) is 9.43. The zero-order valence-electron chi connectivity index (χ0n) is 6.10. The van der Waals surface area contributed by atoms with E-state index in [1.165, 1.54) is 0 Å². The van der Waals surface area contributed by atoms with Gasteiger partial charge in [-0.3, -0.25) is 4.79 Å². The summed E-state index contributed by atoms with van der Waals surface area (Å²) < 4.78 is 0. The standard InChI is InChI=1S/C7H6O.C2H4O/c8-6-7-4-2-1-3-5-7;1-2-3/h1-6H;2-3H,1H2. The summed E-state index contributed by atoms with van der Waals surface area (Å²) in [5.74, 6) is 0. The molecule has 0 fully saturated rings. The van der Waals surface area contributed by atoms with Gasteiger partial charge in [0.2, 0.25) is 0 Å². The molecule has 2 heteroatoms. The first-order valence-electron chi connectivity index (χ1n) is 3.10. The molecule has 0 unspecified atom stereocenters. The molecule has 0 radical (unpaired) electrons. The highest BCUT2D eigenvalue weighted by atomic mass is 16.2. The lowest BCUT2D eigenvalue weighted by molar-refractivity contribution is 0.112. The number of aliphatic hydroxyl groups excluding tert-OH is 1. The maximum atomic E-state index is 10.0. The number of hydrogen-bond donors (Lipinski definition) is 1. The minimum Gasteiger partial charge on any atom is -0.516 e. The number of aliphatic hydroxyl groups is 1. The monoisotopic (exact) mass is 150 g/mol. The van der Waals surface area contributed by atoms with E-state index >= 15 is 0 Å². The molecular weight excluding hydrogens is 140 g/mol. The van der Waals surface area contributed by atoms with Crippen molar-refractivity contribution < 1.29 is 9.90 Å². The molecule has 0 bridgehead atoms. The Morgan fingerprint density at radius 2 is 1.73 bits per heavy atom. The Balaban J connectivity index is 0.000000292. The topological polar surface area (TPSA) is 37.3 Å². The van der Waals surface area contributed by atoms with Gasteiger partial charge in [-0.05, 0) is 0 Å². The van der Waals surface area contributed by atoms with Crippen LogP contribution in [-0.4, -0.2) is 11.4 Å². The third-order valence-electron chi connectivity index (χ3n) is 0.936. The summed E-state index contributed by atoms with van der Waals surface area (Å²) in [6.07, 6.45) is 1.58. The Labute approximate surface area is 65.8 Å². The predicted molar refractivity (Wildman–Crippen MR) is 44.7 cm³/mol. The van der Waals surface area contributed by atoms with Crippen LogP contribution in [0.1, 0.15) is 10.4 Å². The summed E-state index contributed by atoms with van der Waals surface area (Å²) in [7, 11) is 0. The van der Waals surface area contributed by atoms with E-state index in [0.29, 0.717) is 0 Å². The number of hydrogen-bond acceptors (Lipinski definition) is 2. The van der Waals surface area contributed by atoms with Crippen molar-refractivity contribution in [2.24, 2.45) is 0 Å². The quantitative estimate of drug-likeness (QED) is 0.492. The van der Waals surface area contributed by atoms with E-state index in [-0.39, 0.29) is 0 Å². The Hall–Kier alpha value is -1.57. The van der Waals surface area contributed by atoms with Crippen LogP contribution in [0.3, 0.4) is 0 Å². The zero-order chi connectivity index (χ0) is 8.53. The van der Waals surface area contributed by atoms with Crippen molar-refractivity contribution in [2.45, 2.75) is 0 Å². The molecule has 0 amide bonds. The SMILES string of the molecule is C=CO.O=Cc1ccccc1. The van der Waals surface area contributed by atoms with Crippen LogP contribution in [0.2, 0.25) is 0 Å². The van der Waals surface area contributed by atoms with E-state index in [4.69, 9.17) is 5.11 Å². The average Bonchev–Trinajstić information content (AvgIpc) is 2.08. The van der Waals surface area contributed by atoms with Crippen molar-refractivity contribution in [3.05, 3.63) is 48.7 Å². The first-order valence-corrected chi connectivity index (χ1v) is 3.10. The van der Waals surface area contributed by atoms with Crippen molar-refractivity contribution in [3.8, 4) is 0 Å². The second-order valence-corrected chi connectivity index (χ2v) is 1.71. The summed E-state index contributed by atoms with van der Waals surface area (Å²) in [6.45, 7) is 2.92. The van der Waals surface area contributed by atoms with Crippen LogP contribution in [0, 0.1) is 0 Å². The molecule has 0 saturated carbocycles. The van der Waals surface area contributed by atoms with Crippen LogP contribution < -0.4 is 0 Å². The van der Waals surface area contributed by atoms with Gasteiger partial charge in [0.1, 0.15) is 6.29 Å². The maximum Gasteiger partial charge on any atom is 0.150 e. The fourth-order valence-electron chi connectivity index (χ4n) is 0.532. The molecule has 0 aromatic heterocycles. The Morgan fingerprint density at radius 3 is 2.00 bits per heavy atom. The normalized spacial score (nSPS) is 7.27. The van der Waals surface area contributed by atoms with Gasteiger partial charge in [0.25, 0.3) is 0 Å². The lowest BCUT2D eigenvalue weighted by Crippen LogP contribution is -1.73. The van der Waals surface area contributed by atoms with E-state index in [1.807, 2.05) is 18.2 Å². The molecule has 0 aliphatic heterocycles. The number of carbonyl (C=O) groups excluding carboxylic acids is 1.